The smallest absolute Gasteiger partial charge is 0.316 e. The largest absolute Gasteiger partial charge is 0.376 e. The SMILES string of the molecule is BrCCOCc1ccccc1.[MgH2]. The zero-order chi connectivity index (χ0) is 7.94. The van der Waals surface area contributed by atoms with Crippen LogP contribution < -0.4 is 0 Å². The fourth-order valence-corrected chi connectivity index (χ4v) is 1.05. The molecule has 0 amide bonds. The number of ether oxygens (including phenoxy) is 1. The second-order valence-corrected chi connectivity index (χ2v) is 3.02. The molecule has 64 valence electrons. The van der Waals surface area contributed by atoms with Crippen molar-refractivity contribution in [2.75, 3.05) is 11.9 Å². The van der Waals surface area contributed by atoms with E-state index in [0.29, 0.717) is 6.61 Å². The molecule has 12 heavy (non-hydrogen) atoms. The van der Waals surface area contributed by atoms with Crippen LogP contribution in [0.3, 0.4) is 0 Å². The minimum absolute atomic E-state index is 0. The summed E-state index contributed by atoms with van der Waals surface area (Å²) in [5, 5.41) is 0.903. The molecule has 0 atom stereocenters. The highest BCUT2D eigenvalue weighted by molar-refractivity contribution is 9.09. The molecule has 0 N–H and O–H groups in total. The monoisotopic (exact) mass is 240 g/mol. The highest BCUT2D eigenvalue weighted by Gasteiger charge is 1.88. The second kappa shape index (κ2) is 8.04. The van der Waals surface area contributed by atoms with Gasteiger partial charge in [-0.25, -0.2) is 0 Å². The predicted molar refractivity (Wildman–Crippen MR) is 58.4 cm³/mol. The maximum atomic E-state index is 5.32. The minimum atomic E-state index is 0. The van der Waals surface area contributed by atoms with Crippen LogP contribution in [0, 0.1) is 0 Å². The Bertz CT molecular complexity index is 191. The maximum Gasteiger partial charge on any atom is 0.316 e. The molecule has 1 rings (SSSR count). The van der Waals surface area contributed by atoms with Gasteiger partial charge in [-0.3, -0.25) is 0 Å². The summed E-state index contributed by atoms with van der Waals surface area (Å²) in [5.41, 5.74) is 1.23. The highest BCUT2D eigenvalue weighted by atomic mass is 79.9. The van der Waals surface area contributed by atoms with Crippen molar-refractivity contribution in [3.8, 4) is 0 Å². The fourth-order valence-electron chi connectivity index (χ4n) is 0.819. The lowest BCUT2D eigenvalue weighted by Crippen LogP contribution is -1.95. The number of hydrogen-bond donors (Lipinski definition) is 0. The third-order valence-corrected chi connectivity index (χ3v) is 1.66. The van der Waals surface area contributed by atoms with Crippen molar-refractivity contribution in [2.45, 2.75) is 6.61 Å². The molecule has 3 heteroatoms. The van der Waals surface area contributed by atoms with Gasteiger partial charge in [-0.2, -0.15) is 0 Å². The van der Waals surface area contributed by atoms with Crippen LogP contribution in [0.5, 0.6) is 0 Å². The van der Waals surface area contributed by atoms with E-state index in [1.54, 1.807) is 0 Å². The first-order chi connectivity index (χ1) is 5.43. The quantitative estimate of drug-likeness (QED) is 0.443. The Morgan fingerprint density at radius 3 is 2.42 bits per heavy atom. The van der Waals surface area contributed by atoms with E-state index in [4.69, 9.17) is 4.74 Å². The summed E-state index contributed by atoms with van der Waals surface area (Å²) < 4.78 is 5.32. The summed E-state index contributed by atoms with van der Waals surface area (Å²) in [6.07, 6.45) is 0. The van der Waals surface area contributed by atoms with Crippen LogP contribution in [-0.4, -0.2) is 35.0 Å². The topological polar surface area (TPSA) is 9.23 Å². The Hall–Kier alpha value is 0.426. The van der Waals surface area contributed by atoms with Crippen molar-refractivity contribution in [2.24, 2.45) is 0 Å². The summed E-state index contributed by atoms with van der Waals surface area (Å²) in [7, 11) is 0. The summed E-state index contributed by atoms with van der Waals surface area (Å²) in [6.45, 7) is 1.49. The van der Waals surface area contributed by atoms with E-state index in [1.807, 2.05) is 18.2 Å². The summed E-state index contributed by atoms with van der Waals surface area (Å²) in [4.78, 5) is 0. The van der Waals surface area contributed by atoms with Crippen molar-refractivity contribution in [1.29, 1.82) is 0 Å². The normalized spacial score (nSPS) is 9.08. The van der Waals surface area contributed by atoms with Crippen LogP contribution in [0.25, 0.3) is 0 Å². The molecule has 0 fully saturated rings. The van der Waals surface area contributed by atoms with Gasteiger partial charge in [0, 0.05) is 5.33 Å². The van der Waals surface area contributed by atoms with Gasteiger partial charge < -0.3 is 4.74 Å². The molecule has 0 radical (unpaired) electrons. The first kappa shape index (κ1) is 12.4. The summed E-state index contributed by atoms with van der Waals surface area (Å²) >= 11 is 3.30. The van der Waals surface area contributed by atoms with Crippen LogP contribution in [0.2, 0.25) is 0 Å². The molecular formula is C9H13BrMgO. The van der Waals surface area contributed by atoms with Gasteiger partial charge >= 0.3 is 23.1 Å². The Morgan fingerprint density at radius 2 is 1.83 bits per heavy atom. The Labute approximate surface area is 97.8 Å². The van der Waals surface area contributed by atoms with Crippen LogP contribution >= 0.6 is 15.9 Å². The van der Waals surface area contributed by atoms with E-state index in [9.17, 15) is 0 Å². The lowest BCUT2D eigenvalue weighted by Gasteiger charge is -2.00. The number of benzene rings is 1. The van der Waals surface area contributed by atoms with E-state index >= 15 is 0 Å². The van der Waals surface area contributed by atoms with E-state index in [0.717, 1.165) is 11.9 Å². The molecule has 1 aromatic rings. The Kier molecular flexibility index (Phi) is 8.33. The molecule has 0 bridgehead atoms. The van der Waals surface area contributed by atoms with Gasteiger partial charge in [-0.05, 0) is 5.56 Å². The van der Waals surface area contributed by atoms with Gasteiger partial charge in [0.2, 0.25) is 0 Å². The van der Waals surface area contributed by atoms with Gasteiger partial charge in [0.15, 0.2) is 0 Å². The van der Waals surface area contributed by atoms with Crippen molar-refractivity contribution >= 4 is 39.0 Å². The molecular weight excluding hydrogens is 228 g/mol. The van der Waals surface area contributed by atoms with Crippen LogP contribution in [0.15, 0.2) is 30.3 Å². The molecule has 0 saturated carbocycles. The molecule has 0 unspecified atom stereocenters. The van der Waals surface area contributed by atoms with E-state index in [1.165, 1.54) is 5.56 Å². The average molecular weight is 241 g/mol. The third-order valence-electron chi connectivity index (χ3n) is 1.33. The number of hydrogen-bond acceptors (Lipinski definition) is 1. The van der Waals surface area contributed by atoms with Crippen LogP contribution in [0.1, 0.15) is 5.56 Å². The highest BCUT2D eigenvalue weighted by Crippen LogP contribution is 2.00. The predicted octanol–water partition coefficient (Wildman–Crippen LogP) is 1.68. The molecule has 0 aliphatic heterocycles. The standard InChI is InChI=1S/C9H11BrO.Mg.2H/c10-6-7-11-8-9-4-2-1-3-5-9;;;/h1-5H,6-8H2;;;. The molecule has 0 aliphatic carbocycles. The number of rotatable bonds is 4. The van der Waals surface area contributed by atoms with Gasteiger partial charge in [-0.15, -0.1) is 0 Å². The Morgan fingerprint density at radius 1 is 1.17 bits per heavy atom. The molecule has 1 aromatic carbocycles. The molecule has 0 aromatic heterocycles. The summed E-state index contributed by atoms with van der Waals surface area (Å²) in [5.74, 6) is 0. The minimum Gasteiger partial charge on any atom is -0.376 e. The van der Waals surface area contributed by atoms with Crippen molar-refractivity contribution in [1.82, 2.24) is 0 Å². The van der Waals surface area contributed by atoms with Crippen molar-refractivity contribution in [3.63, 3.8) is 0 Å². The average Bonchev–Trinajstić information content (AvgIpc) is 2.07. The molecule has 0 saturated heterocycles. The Balaban J connectivity index is 0.00000121. The second-order valence-electron chi connectivity index (χ2n) is 2.23. The zero-order valence-electron chi connectivity index (χ0n) is 6.29. The first-order valence-corrected chi connectivity index (χ1v) is 4.73. The van der Waals surface area contributed by atoms with Gasteiger partial charge in [0.1, 0.15) is 0 Å². The van der Waals surface area contributed by atoms with E-state index < -0.39 is 0 Å². The van der Waals surface area contributed by atoms with Crippen molar-refractivity contribution < 1.29 is 4.74 Å². The van der Waals surface area contributed by atoms with E-state index in [-0.39, 0.29) is 23.1 Å². The van der Waals surface area contributed by atoms with Crippen LogP contribution in [-0.2, 0) is 11.3 Å². The fraction of sp³-hybridized carbons (Fsp3) is 0.333. The molecule has 1 nitrogen and oxygen atoms in total. The van der Waals surface area contributed by atoms with Gasteiger partial charge in [0.25, 0.3) is 0 Å². The lowest BCUT2D eigenvalue weighted by molar-refractivity contribution is 0.137. The van der Waals surface area contributed by atoms with Crippen LogP contribution in [0.4, 0.5) is 0 Å². The van der Waals surface area contributed by atoms with Crippen molar-refractivity contribution in [3.05, 3.63) is 35.9 Å². The molecule has 0 aliphatic rings. The molecule has 0 spiro atoms. The number of halogens is 1. The lowest BCUT2D eigenvalue weighted by atomic mass is 10.2. The summed E-state index contributed by atoms with van der Waals surface area (Å²) in [6, 6.07) is 10.2. The van der Waals surface area contributed by atoms with Gasteiger partial charge in [-0.1, -0.05) is 46.3 Å². The first-order valence-electron chi connectivity index (χ1n) is 3.61. The maximum absolute atomic E-state index is 5.32. The number of alkyl halides is 1. The molecule has 0 heterocycles. The third kappa shape index (κ3) is 5.14. The van der Waals surface area contributed by atoms with E-state index in [2.05, 4.69) is 28.1 Å². The van der Waals surface area contributed by atoms with Gasteiger partial charge in [0.05, 0.1) is 13.2 Å². The zero-order valence-corrected chi connectivity index (χ0v) is 7.88.